The molecule has 0 amide bonds. The Bertz CT molecular complexity index is 314. The highest BCUT2D eigenvalue weighted by atomic mass is 19.1. The van der Waals surface area contributed by atoms with Crippen molar-refractivity contribution in [3.8, 4) is 0 Å². The van der Waals surface area contributed by atoms with Crippen molar-refractivity contribution in [2.75, 3.05) is 20.3 Å². The van der Waals surface area contributed by atoms with Gasteiger partial charge < -0.3 is 10.1 Å². The first-order valence-corrected chi connectivity index (χ1v) is 5.20. The Morgan fingerprint density at radius 2 is 2.20 bits per heavy atom. The van der Waals surface area contributed by atoms with Crippen LogP contribution in [0.15, 0.2) is 18.2 Å². The molecule has 0 aromatic heterocycles. The van der Waals surface area contributed by atoms with Crippen LogP contribution in [-0.2, 0) is 4.74 Å². The first kappa shape index (κ1) is 12.1. The topological polar surface area (TPSA) is 21.3 Å². The summed E-state index contributed by atoms with van der Waals surface area (Å²) in [7, 11) is 1.86. The fourth-order valence-electron chi connectivity index (χ4n) is 1.55. The number of ether oxygens (including phenoxy) is 1. The molecule has 0 bridgehead atoms. The van der Waals surface area contributed by atoms with Crippen LogP contribution in [0.1, 0.15) is 24.1 Å². The molecule has 0 saturated heterocycles. The predicted molar refractivity (Wildman–Crippen MR) is 59.4 cm³/mol. The number of hydrogen-bond acceptors (Lipinski definition) is 2. The highest BCUT2D eigenvalue weighted by Gasteiger charge is 2.12. The first-order valence-electron chi connectivity index (χ1n) is 5.20. The van der Waals surface area contributed by atoms with Crippen LogP contribution in [0.2, 0.25) is 0 Å². The van der Waals surface area contributed by atoms with Gasteiger partial charge in [0.25, 0.3) is 0 Å². The van der Waals surface area contributed by atoms with Crippen molar-refractivity contribution in [1.29, 1.82) is 0 Å². The van der Waals surface area contributed by atoms with E-state index >= 15 is 0 Å². The quantitative estimate of drug-likeness (QED) is 0.807. The number of halogens is 1. The van der Waals surface area contributed by atoms with Gasteiger partial charge in [-0.25, -0.2) is 4.39 Å². The molecule has 0 fully saturated rings. The SMILES string of the molecule is CCOCC(NC)c1cc(F)ccc1C. The number of nitrogens with one attached hydrogen (secondary N) is 1. The van der Waals surface area contributed by atoms with Gasteiger partial charge in [0.1, 0.15) is 5.82 Å². The zero-order valence-corrected chi connectivity index (χ0v) is 9.51. The summed E-state index contributed by atoms with van der Waals surface area (Å²) in [6, 6.07) is 4.89. The normalized spacial score (nSPS) is 12.8. The predicted octanol–water partition coefficient (Wildman–Crippen LogP) is 2.43. The number of hydrogen-bond donors (Lipinski definition) is 1. The van der Waals surface area contributed by atoms with Crippen LogP contribution in [0.4, 0.5) is 4.39 Å². The second kappa shape index (κ2) is 5.83. The largest absolute Gasteiger partial charge is 0.380 e. The van der Waals surface area contributed by atoms with Crippen molar-refractivity contribution >= 4 is 0 Å². The summed E-state index contributed by atoms with van der Waals surface area (Å²) in [5.41, 5.74) is 2.04. The van der Waals surface area contributed by atoms with E-state index in [1.165, 1.54) is 6.07 Å². The average molecular weight is 211 g/mol. The van der Waals surface area contributed by atoms with E-state index in [1.54, 1.807) is 12.1 Å². The molecule has 1 N–H and O–H groups in total. The van der Waals surface area contributed by atoms with Crippen LogP contribution in [0.3, 0.4) is 0 Å². The summed E-state index contributed by atoms with van der Waals surface area (Å²) < 4.78 is 18.4. The Hall–Kier alpha value is -0.930. The fraction of sp³-hybridized carbons (Fsp3) is 0.500. The Kier molecular flexibility index (Phi) is 4.72. The second-order valence-electron chi connectivity index (χ2n) is 3.50. The van der Waals surface area contributed by atoms with Gasteiger partial charge in [-0.1, -0.05) is 6.07 Å². The summed E-state index contributed by atoms with van der Waals surface area (Å²) in [5, 5.41) is 3.13. The number of rotatable bonds is 5. The van der Waals surface area contributed by atoms with Crippen molar-refractivity contribution in [3.63, 3.8) is 0 Å². The maximum atomic E-state index is 13.1. The Balaban J connectivity index is 2.85. The van der Waals surface area contributed by atoms with E-state index in [0.717, 1.165) is 11.1 Å². The van der Waals surface area contributed by atoms with Crippen LogP contribution in [0.25, 0.3) is 0 Å². The average Bonchev–Trinajstić information content (AvgIpc) is 2.24. The molecule has 1 rings (SSSR count). The van der Waals surface area contributed by atoms with Gasteiger partial charge in [-0.15, -0.1) is 0 Å². The highest BCUT2D eigenvalue weighted by molar-refractivity contribution is 5.29. The van der Waals surface area contributed by atoms with E-state index < -0.39 is 0 Å². The molecule has 1 atom stereocenters. The number of likely N-dealkylation sites (N-methyl/N-ethyl adjacent to an activating group) is 1. The molecule has 0 radical (unpaired) electrons. The van der Waals surface area contributed by atoms with Crippen LogP contribution >= 0.6 is 0 Å². The molecule has 1 aromatic carbocycles. The lowest BCUT2D eigenvalue weighted by Crippen LogP contribution is -2.22. The minimum absolute atomic E-state index is 0.0562. The molecule has 15 heavy (non-hydrogen) atoms. The maximum Gasteiger partial charge on any atom is 0.123 e. The number of aryl methyl sites for hydroxylation is 1. The van der Waals surface area contributed by atoms with Gasteiger partial charge in [0.2, 0.25) is 0 Å². The Morgan fingerprint density at radius 1 is 1.47 bits per heavy atom. The van der Waals surface area contributed by atoms with Crippen molar-refractivity contribution in [2.45, 2.75) is 19.9 Å². The Labute approximate surface area is 90.4 Å². The third kappa shape index (κ3) is 3.29. The molecule has 0 aliphatic heterocycles. The standard InChI is InChI=1S/C12H18FNO/c1-4-15-8-12(14-3)11-7-10(13)6-5-9(11)2/h5-7,12,14H,4,8H2,1-3H3. The molecule has 0 aliphatic rings. The van der Waals surface area contributed by atoms with E-state index in [0.29, 0.717) is 13.2 Å². The van der Waals surface area contributed by atoms with Gasteiger partial charge in [0.15, 0.2) is 0 Å². The molecule has 2 nitrogen and oxygen atoms in total. The number of benzene rings is 1. The van der Waals surface area contributed by atoms with Gasteiger partial charge in [0, 0.05) is 6.61 Å². The lowest BCUT2D eigenvalue weighted by molar-refractivity contribution is 0.125. The van der Waals surface area contributed by atoms with Crippen molar-refractivity contribution in [2.24, 2.45) is 0 Å². The third-order valence-corrected chi connectivity index (χ3v) is 2.45. The van der Waals surface area contributed by atoms with E-state index in [-0.39, 0.29) is 11.9 Å². The Morgan fingerprint density at radius 3 is 2.80 bits per heavy atom. The second-order valence-corrected chi connectivity index (χ2v) is 3.50. The van der Waals surface area contributed by atoms with Gasteiger partial charge in [-0.3, -0.25) is 0 Å². The van der Waals surface area contributed by atoms with Crippen LogP contribution in [-0.4, -0.2) is 20.3 Å². The van der Waals surface area contributed by atoms with Gasteiger partial charge in [-0.05, 0) is 44.2 Å². The van der Waals surface area contributed by atoms with Crippen molar-refractivity contribution in [3.05, 3.63) is 35.1 Å². The van der Waals surface area contributed by atoms with E-state index in [4.69, 9.17) is 4.74 Å². The monoisotopic (exact) mass is 211 g/mol. The fourth-order valence-corrected chi connectivity index (χ4v) is 1.55. The molecule has 1 unspecified atom stereocenters. The van der Waals surface area contributed by atoms with Gasteiger partial charge in [0.05, 0.1) is 12.6 Å². The molecular weight excluding hydrogens is 193 g/mol. The molecule has 0 saturated carbocycles. The minimum Gasteiger partial charge on any atom is -0.380 e. The molecular formula is C12H18FNO. The molecule has 0 spiro atoms. The molecule has 3 heteroatoms. The highest BCUT2D eigenvalue weighted by Crippen LogP contribution is 2.18. The zero-order valence-electron chi connectivity index (χ0n) is 9.51. The zero-order chi connectivity index (χ0) is 11.3. The smallest absolute Gasteiger partial charge is 0.123 e. The molecule has 0 aliphatic carbocycles. The molecule has 0 heterocycles. The summed E-state index contributed by atoms with van der Waals surface area (Å²) in [6.45, 7) is 5.17. The van der Waals surface area contributed by atoms with Crippen LogP contribution in [0, 0.1) is 12.7 Å². The van der Waals surface area contributed by atoms with E-state index in [1.807, 2.05) is 20.9 Å². The molecule has 1 aromatic rings. The van der Waals surface area contributed by atoms with E-state index in [9.17, 15) is 4.39 Å². The lowest BCUT2D eigenvalue weighted by Gasteiger charge is -2.18. The maximum absolute atomic E-state index is 13.1. The van der Waals surface area contributed by atoms with Crippen molar-refractivity contribution in [1.82, 2.24) is 5.32 Å². The summed E-state index contributed by atoms with van der Waals surface area (Å²) >= 11 is 0. The lowest BCUT2D eigenvalue weighted by atomic mass is 10.0. The van der Waals surface area contributed by atoms with Crippen molar-refractivity contribution < 1.29 is 9.13 Å². The minimum atomic E-state index is -0.202. The molecule has 84 valence electrons. The summed E-state index contributed by atoms with van der Waals surface area (Å²) in [4.78, 5) is 0. The third-order valence-electron chi connectivity index (χ3n) is 2.45. The van der Waals surface area contributed by atoms with E-state index in [2.05, 4.69) is 5.32 Å². The first-order chi connectivity index (χ1) is 7.19. The summed E-state index contributed by atoms with van der Waals surface area (Å²) in [6.07, 6.45) is 0. The van der Waals surface area contributed by atoms with Gasteiger partial charge in [-0.2, -0.15) is 0 Å². The van der Waals surface area contributed by atoms with Gasteiger partial charge >= 0.3 is 0 Å². The van der Waals surface area contributed by atoms with Crippen LogP contribution < -0.4 is 5.32 Å². The summed E-state index contributed by atoms with van der Waals surface area (Å²) in [5.74, 6) is -0.202. The van der Waals surface area contributed by atoms with Crippen LogP contribution in [0.5, 0.6) is 0 Å².